The minimum atomic E-state index is -0.701. The predicted molar refractivity (Wildman–Crippen MR) is 109 cm³/mol. The minimum absolute atomic E-state index is 0.0409. The molecule has 1 aromatic carbocycles. The number of carbonyl (C=O) groups is 1. The molecule has 0 bridgehead atoms. The van der Waals surface area contributed by atoms with Crippen molar-refractivity contribution in [2.24, 2.45) is 0 Å². The molecule has 0 spiro atoms. The Labute approximate surface area is 175 Å². The van der Waals surface area contributed by atoms with Gasteiger partial charge in [-0.15, -0.1) is 0 Å². The minimum Gasteiger partial charge on any atom is -0.368 e. The summed E-state index contributed by atoms with van der Waals surface area (Å²) in [6, 6.07) is 9.99. The maximum Gasteiger partial charge on any atom is 0.220 e. The van der Waals surface area contributed by atoms with Gasteiger partial charge in [0.2, 0.25) is 5.91 Å². The normalized spacial score (nSPS) is 28.2. The summed E-state index contributed by atoms with van der Waals surface area (Å²) < 4.78 is 24.0. The zero-order valence-corrected chi connectivity index (χ0v) is 18.2. The molecule has 1 amide bonds. The summed E-state index contributed by atoms with van der Waals surface area (Å²) in [5.74, 6) is -0.660. The molecule has 1 aromatic rings. The number of ether oxygens (including phenoxy) is 4. The number of hydrogen-bond acceptors (Lipinski definition) is 5. The van der Waals surface area contributed by atoms with Crippen LogP contribution in [0.1, 0.15) is 45.1 Å². The molecular formula is C21H30BrNO5. The third-order valence-electron chi connectivity index (χ3n) is 4.91. The lowest BCUT2D eigenvalue weighted by atomic mass is 10.1. The molecule has 2 aliphatic rings. The summed E-state index contributed by atoms with van der Waals surface area (Å²) in [5, 5.41) is 3.95. The second-order valence-electron chi connectivity index (χ2n) is 7.71. The third-order valence-corrected chi connectivity index (χ3v) is 5.47. The van der Waals surface area contributed by atoms with Gasteiger partial charge in [-0.3, -0.25) is 4.79 Å². The van der Waals surface area contributed by atoms with Gasteiger partial charge in [0.1, 0.15) is 18.3 Å². The quantitative estimate of drug-likeness (QED) is 0.431. The van der Waals surface area contributed by atoms with E-state index in [9.17, 15) is 4.79 Å². The maximum atomic E-state index is 12.1. The Hall–Kier alpha value is -0.990. The molecule has 2 fully saturated rings. The Kier molecular flexibility index (Phi) is 7.88. The molecular weight excluding hydrogens is 426 g/mol. The van der Waals surface area contributed by atoms with Crippen LogP contribution >= 0.6 is 15.9 Å². The number of rotatable bonds is 10. The van der Waals surface area contributed by atoms with Crippen molar-refractivity contribution in [2.45, 2.75) is 76.5 Å². The molecule has 1 N–H and O–H groups in total. The topological polar surface area (TPSA) is 66.0 Å². The smallest absolute Gasteiger partial charge is 0.220 e. The molecule has 0 aliphatic carbocycles. The largest absolute Gasteiger partial charge is 0.368 e. The molecule has 156 valence electrons. The van der Waals surface area contributed by atoms with Crippen molar-refractivity contribution >= 4 is 21.8 Å². The van der Waals surface area contributed by atoms with E-state index in [1.165, 1.54) is 0 Å². The van der Waals surface area contributed by atoms with Gasteiger partial charge in [0.05, 0.1) is 6.61 Å². The Morgan fingerprint density at radius 2 is 1.96 bits per heavy atom. The van der Waals surface area contributed by atoms with E-state index in [0.29, 0.717) is 19.6 Å². The number of hydrogen-bond donors (Lipinski definition) is 1. The summed E-state index contributed by atoms with van der Waals surface area (Å²) in [7, 11) is 0. The van der Waals surface area contributed by atoms with Crippen LogP contribution in [0, 0.1) is 0 Å². The summed E-state index contributed by atoms with van der Waals surface area (Å²) in [6.07, 6.45) is 2.16. The molecule has 7 heteroatoms. The lowest BCUT2D eigenvalue weighted by Crippen LogP contribution is -2.43. The zero-order valence-electron chi connectivity index (χ0n) is 16.6. The number of unbranched alkanes of at least 4 members (excludes halogenated alkanes) is 2. The van der Waals surface area contributed by atoms with Crippen molar-refractivity contribution < 1.29 is 23.7 Å². The number of fused-ring (bicyclic) bond motifs is 1. The summed E-state index contributed by atoms with van der Waals surface area (Å²) >= 11 is 3.41. The third kappa shape index (κ3) is 6.00. The fourth-order valence-corrected chi connectivity index (χ4v) is 3.94. The van der Waals surface area contributed by atoms with Crippen LogP contribution < -0.4 is 5.32 Å². The fraction of sp³-hybridized carbons (Fsp3) is 0.667. The maximum absolute atomic E-state index is 12.1. The highest BCUT2D eigenvalue weighted by Crippen LogP contribution is 2.38. The molecule has 2 heterocycles. The van der Waals surface area contributed by atoms with Crippen molar-refractivity contribution in [1.29, 1.82) is 0 Å². The summed E-state index contributed by atoms with van der Waals surface area (Å²) in [4.78, 5) is 12.1. The summed E-state index contributed by atoms with van der Waals surface area (Å²) in [6.45, 7) is 4.58. The molecule has 3 rings (SSSR count). The molecule has 0 radical (unpaired) electrons. The molecule has 0 aromatic heterocycles. The Balaban J connectivity index is 1.53. The molecule has 0 saturated carbocycles. The van der Waals surface area contributed by atoms with E-state index < -0.39 is 12.1 Å². The van der Waals surface area contributed by atoms with Crippen molar-refractivity contribution in [1.82, 2.24) is 5.32 Å². The van der Waals surface area contributed by atoms with Gasteiger partial charge in [0, 0.05) is 18.3 Å². The average molecular weight is 456 g/mol. The Morgan fingerprint density at radius 1 is 1.18 bits per heavy atom. The Morgan fingerprint density at radius 3 is 2.71 bits per heavy atom. The monoisotopic (exact) mass is 455 g/mol. The van der Waals surface area contributed by atoms with Crippen molar-refractivity contribution in [3.63, 3.8) is 0 Å². The van der Waals surface area contributed by atoms with Crippen LogP contribution in [0.15, 0.2) is 30.3 Å². The van der Waals surface area contributed by atoms with E-state index in [0.717, 1.165) is 30.2 Å². The number of alkyl halides is 1. The zero-order chi connectivity index (χ0) is 20.0. The van der Waals surface area contributed by atoms with Crippen LogP contribution in [0.3, 0.4) is 0 Å². The molecule has 2 saturated heterocycles. The van der Waals surface area contributed by atoms with Gasteiger partial charge < -0.3 is 24.3 Å². The predicted octanol–water partition coefficient (Wildman–Crippen LogP) is 3.52. The second kappa shape index (κ2) is 10.2. The number of amides is 1. The first kappa shape index (κ1) is 21.7. The first-order chi connectivity index (χ1) is 13.5. The van der Waals surface area contributed by atoms with E-state index in [1.807, 2.05) is 44.2 Å². The number of benzene rings is 1. The van der Waals surface area contributed by atoms with Crippen molar-refractivity contribution in [3.8, 4) is 0 Å². The van der Waals surface area contributed by atoms with Gasteiger partial charge in [-0.1, -0.05) is 52.7 Å². The molecule has 0 unspecified atom stereocenters. The van der Waals surface area contributed by atoms with Crippen LogP contribution in [-0.4, -0.2) is 48.2 Å². The number of carbonyl (C=O) groups excluding carboxylic acids is 1. The van der Waals surface area contributed by atoms with E-state index in [4.69, 9.17) is 18.9 Å². The molecule has 4 atom stereocenters. The highest BCUT2D eigenvalue weighted by atomic mass is 79.9. The first-order valence-corrected chi connectivity index (χ1v) is 11.1. The van der Waals surface area contributed by atoms with E-state index in [-0.39, 0.29) is 24.2 Å². The SMILES string of the molecule is CC1(C)O[C@H]2O[C@H](CNC(=O)CCCCCBr)[C@H](OCc3ccccc3)[C@H]2O1. The van der Waals surface area contributed by atoms with Gasteiger partial charge in [-0.05, 0) is 32.3 Å². The number of nitrogens with one attached hydrogen (secondary N) is 1. The van der Waals surface area contributed by atoms with Gasteiger partial charge in [-0.2, -0.15) is 0 Å². The second-order valence-corrected chi connectivity index (χ2v) is 8.50. The molecule has 28 heavy (non-hydrogen) atoms. The standard InChI is InChI=1S/C21H30BrNO5/c1-21(2)27-19-18(25-14-15-9-5-3-6-10-15)16(26-20(19)28-21)13-23-17(24)11-7-4-8-12-22/h3,5-6,9-10,16,18-20H,4,7-8,11-14H2,1-2H3,(H,23,24)/t16-,18+,19-,20-/m1/s1. The van der Waals surface area contributed by atoms with Crippen LogP contribution in [0.25, 0.3) is 0 Å². The Bertz CT molecular complexity index is 626. The van der Waals surface area contributed by atoms with Crippen LogP contribution in [0.5, 0.6) is 0 Å². The average Bonchev–Trinajstić information content (AvgIpc) is 3.14. The molecule has 2 aliphatic heterocycles. The fourth-order valence-electron chi connectivity index (χ4n) is 3.54. The lowest BCUT2D eigenvalue weighted by molar-refractivity contribution is -0.218. The van der Waals surface area contributed by atoms with Gasteiger partial charge in [-0.25, -0.2) is 0 Å². The van der Waals surface area contributed by atoms with E-state index in [1.54, 1.807) is 0 Å². The highest BCUT2D eigenvalue weighted by molar-refractivity contribution is 9.09. The first-order valence-electron chi connectivity index (χ1n) is 9.98. The number of halogens is 1. The molecule has 6 nitrogen and oxygen atoms in total. The van der Waals surface area contributed by atoms with E-state index in [2.05, 4.69) is 21.2 Å². The highest BCUT2D eigenvalue weighted by Gasteiger charge is 2.55. The van der Waals surface area contributed by atoms with E-state index >= 15 is 0 Å². The van der Waals surface area contributed by atoms with Crippen molar-refractivity contribution in [2.75, 3.05) is 11.9 Å². The van der Waals surface area contributed by atoms with Gasteiger partial charge in [0.15, 0.2) is 12.1 Å². The van der Waals surface area contributed by atoms with Gasteiger partial charge in [0.25, 0.3) is 0 Å². The lowest BCUT2D eigenvalue weighted by Gasteiger charge is -2.26. The van der Waals surface area contributed by atoms with Crippen molar-refractivity contribution in [3.05, 3.63) is 35.9 Å². The van der Waals surface area contributed by atoms with Crippen LogP contribution in [-0.2, 0) is 30.3 Å². The van der Waals surface area contributed by atoms with Crippen LogP contribution in [0.4, 0.5) is 0 Å². The van der Waals surface area contributed by atoms with Gasteiger partial charge >= 0.3 is 0 Å². The summed E-state index contributed by atoms with van der Waals surface area (Å²) in [5.41, 5.74) is 1.08. The van der Waals surface area contributed by atoms with Crippen LogP contribution in [0.2, 0.25) is 0 Å².